The third kappa shape index (κ3) is 2.94. The molecular weight excluding hydrogens is 290 g/mol. The van der Waals surface area contributed by atoms with Crippen molar-refractivity contribution in [3.63, 3.8) is 0 Å². The van der Waals surface area contributed by atoms with E-state index in [1.807, 2.05) is 0 Å². The summed E-state index contributed by atoms with van der Waals surface area (Å²) in [4.78, 5) is 22.5. The number of hydrogen-bond donors (Lipinski definition) is 2. The van der Waals surface area contributed by atoms with E-state index in [1.165, 1.54) is 6.92 Å². The van der Waals surface area contributed by atoms with Crippen molar-refractivity contribution in [2.75, 3.05) is 5.43 Å². The summed E-state index contributed by atoms with van der Waals surface area (Å²) >= 11 is 2.21. The number of nitrogen functional groups attached to an aromatic ring is 1. The van der Waals surface area contributed by atoms with Crippen LogP contribution in [0.3, 0.4) is 0 Å². The zero-order valence-corrected chi connectivity index (χ0v) is 11.6. The maximum Gasteiger partial charge on any atom is 0.322 e. The average Bonchev–Trinajstić information content (AvgIpc) is 2.73. The van der Waals surface area contributed by atoms with Crippen LogP contribution in [0.4, 0.5) is 11.6 Å². The number of nitrogens with one attached hydrogen (secondary N) is 1. The molecule has 100 valence electrons. The molecule has 2 aromatic rings. The van der Waals surface area contributed by atoms with Gasteiger partial charge in [-0.3, -0.25) is 15.5 Å². The quantitative estimate of drug-likeness (QED) is 0.370. The Morgan fingerprint density at radius 2 is 2.11 bits per heavy atom. The first-order valence-corrected chi connectivity index (χ1v) is 6.58. The molecule has 0 bridgehead atoms. The third-order valence-corrected chi connectivity index (χ3v) is 3.85. The molecule has 0 fully saturated rings. The summed E-state index contributed by atoms with van der Waals surface area (Å²) in [6.07, 6.45) is 0. The monoisotopic (exact) mass is 299 g/mol. The van der Waals surface area contributed by atoms with Gasteiger partial charge in [0.25, 0.3) is 0 Å². The highest BCUT2D eigenvalue weighted by molar-refractivity contribution is 8.01. The summed E-state index contributed by atoms with van der Waals surface area (Å²) < 4.78 is 4.58. The second kappa shape index (κ2) is 5.42. The summed E-state index contributed by atoms with van der Waals surface area (Å²) in [6.45, 7) is 3.27. The molecule has 2 aromatic heterocycles. The van der Waals surface area contributed by atoms with Crippen molar-refractivity contribution in [3.05, 3.63) is 21.6 Å². The summed E-state index contributed by atoms with van der Waals surface area (Å²) in [5.41, 5.74) is 2.35. The molecule has 11 heteroatoms. The van der Waals surface area contributed by atoms with E-state index in [1.54, 1.807) is 6.92 Å². The molecule has 0 saturated heterocycles. The highest BCUT2D eigenvalue weighted by Crippen LogP contribution is 2.35. The first-order valence-electron chi connectivity index (χ1n) is 4.99. The van der Waals surface area contributed by atoms with E-state index in [4.69, 9.17) is 5.84 Å². The van der Waals surface area contributed by atoms with Crippen LogP contribution in [0, 0.1) is 24.0 Å². The van der Waals surface area contributed by atoms with Gasteiger partial charge in [0.1, 0.15) is 11.5 Å². The molecule has 3 N–H and O–H groups in total. The Morgan fingerprint density at radius 1 is 1.37 bits per heavy atom. The lowest BCUT2D eigenvalue weighted by molar-refractivity contribution is -0.389. The minimum absolute atomic E-state index is 0.117. The number of nitro groups is 1. The van der Waals surface area contributed by atoms with Crippen LogP contribution in [0.25, 0.3) is 0 Å². The maximum absolute atomic E-state index is 11.1. The van der Waals surface area contributed by atoms with Gasteiger partial charge in [0.2, 0.25) is 5.95 Å². The largest absolute Gasteiger partial charge is 0.322 e. The van der Waals surface area contributed by atoms with Crippen LogP contribution >= 0.6 is 23.3 Å². The number of rotatable bonds is 4. The highest BCUT2D eigenvalue weighted by atomic mass is 32.2. The standard InChI is InChI=1S/C8H9N7O2S2/c1-3-5(15(16)17)6(12-7(10-3)13-9)18-8-11-4(2)14-19-8/h9H2,1-2H3,(H,10,12,13). The van der Waals surface area contributed by atoms with Gasteiger partial charge in [-0.05, 0) is 37.1 Å². The van der Waals surface area contributed by atoms with E-state index in [0.29, 0.717) is 10.2 Å². The minimum Gasteiger partial charge on any atom is -0.292 e. The topological polar surface area (TPSA) is 133 Å². The molecule has 0 aliphatic rings. The van der Waals surface area contributed by atoms with Gasteiger partial charge in [-0.25, -0.2) is 15.8 Å². The number of hydrogen-bond acceptors (Lipinski definition) is 10. The minimum atomic E-state index is -0.522. The molecule has 9 nitrogen and oxygen atoms in total. The fourth-order valence-corrected chi connectivity index (χ4v) is 3.00. The Morgan fingerprint density at radius 3 is 2.63 bits per heavy atom. The van der Waals surface area contributed by atoms with Crippen molar-refractivity contribution < 1.29 is 4.92 Å². The molecule has 19 heavy (non-hydrogen) atoms. The van der Waals surface area contributed by atoms with Crippen LogP contribution in [0.15, 0.2) is 9.37 Å². The summed E-state index contributed by atoms with van der Waals surface area (Å²) in [6, 6.07) is 0. The van der Waals surface area contributed by atoms with E-state index in [2.05, 4.69) is 24.8 Å². The average molecular weight is 299 g/mol. The Kier molecular flexibility index (Phi) is 3.87. The molecule has 0 aliphatic heterocycles. The normalized spacial score (nSPS) is 10.5. The number of aryl methyl sites for hydroxylation is 2. The number of aromatic nitrogens is 4. The Balaban J connectivity index is 2.47. The van der Waals surface area contributed by atoms with Crippen LogP contribution in [-0.2, 0) is 0 Å². The molecule has 2 rings (SSSR count). The maximum atomic E-state index is 11.1. The molecule has 0 amide bonds. The van der Waals surface area contributed by atoms with E-state index in [9.17, 15) is 10.1 Å². The molecule has 0 atom stereocenters. The van der Waals surface area contributed by atoms with Gasteiger partial charge in [-0.2, -0.15) is 9.36 Å². The lowest BCUT2D eigenvalue weighted by Crippen LogP contribution is -2.12. The lowest BCUT2D eigenvalue weighted by Gasteiger charge is -2.04. The number of anilines is 1. The first-order chi connectivity index (χ1) is 9.01. The van der Waals surface area contributed by atoms with Gasteiger partial charge < -0.3 is 0 Å². The Bertz CT molecular complexity index is 630. The Hall–Kier alpha value is -1.85. The smallest absolute Gasteiger partial charge is 0.292 e. The second-order valence-corrected chi connectivity index (χ2v) is 5.39. The fourth-order valence-electron chi connectivity index (χ4n) is 1.29. The highest BCUT2D eigenvalue weighted by Gasteiger charge is 2.23. The van der Waals surface area contributed by atoms with Crippen LogP contribution in [-0.4, -0.2) is 24.2 Å². The van der Waals surface area contributed by atoms with Crippen molar-refractivity contribution >= 4 is 34.9 Å². The first kappa shape index (κ1) is 13.6. The molecule has 0 spiro atoms. The fraction of sp³-hybridized carbons (Fsp3) is 0.250. The van der Waals surface area contributed by atoms with Gasteiger partial charge in [0, 0.05) is 0 Å². The second-order valence-electron chi connectivity index (χ2n) is 3.40. The predicted molar refractivity (Wildman–Crippen MR) is 70.0 cm³/mol. The van der Waals surface area contributed by atoms with Crippen molar-refractivity contribution in [1.82, 2.24) is 19.3 Å². The molecular formula is C8H9N7O2S2. The van der Waals surface area contributed by atoms with Crippen LogP contribution in [0.1, 0.15) is 11.5 Å². The molecule has 2 heterocycles. The van der Waals surface area contributed by atoms with E-state index in [0.717, 1.165) is 23.3 Å². The summed E-state index contributed by atoms with van der Waals surface area (Å²) in [7, 11) is 0. The van der Waals surface area contributed by atoms with Gasteiger partial charge in [0.15, 0.2) is 9.37 Å². The van der Waals surface area contributed by atoms with Crippen LogP contribution in [0.2, 0.25) is 0 Å². The van der Waals surface area contributed by atoms with Crippen LogP contribution in [0.5, 0.6) is 0 Å². The molecule has 0 saturated carbocycles. The van der Waals surface area contributed by atoms with Crippen molar-refractivity contribution in [3.8, 4) is 0 Å². The third-order valence-electron chi connectivity index (χ3n) is 2.03. The number of hydrazine groups is 1. The van der Waals surface area contributed by atoms with Crippen molar-refractivity contribution in [1.29, 1.82) is 0 Å². The van der Waals surface area contributed by atoms with Gasteiger partial charge in [-0.1, -0.05) is 0 Å². The van der Waals surface area contributed by atoms with Crippen molar-refractivity contribution in [2.45, 2.75) is 23.2 Å². The lowest BCUT2D eigenvalue weighted by atomic mass is 10.4. The molecule has 0 aromatic carbocycles. The summed E-state index contributed by atoms with van der Waals surface area (Å²) in [5.74, 6) is 5.96. The van der Waals surface area contributed by atoms with Gasteiger partial charge in [-0.15, -0.1) is 0 Å². The number of nitrogens with zero attached hydrogens (tertiary/aromatic N) is 5. The van der Waals surface area contributed by atoms with Crippen LogP contribution < -0.4 is 11.3 Å². The van der Waals surface area contributed by atoms with E-state index >= 15 is 0 Å². The predicted octanol–water partition coefficient (Wildman–Crippen LogP) is 1.29. The molecule has 0 radical (unpaired) electrons. The zero-order valence-electron chi connectivity index (χ0n) is 9.95. The van der Waals surface area contributed by atoms with E-state index < -0.39 is 4.92 Å². The van der Waals surface area contributed by atoms with Gasteiger partial charge >= 0.3 is 5.69 Å². The molecule has 0 unspecified atom stereocenters. The van der Waals surface area contributed by atoms with Gasteiger partial charge in [0.05, 0.1) is 4.92 Å². The Labute approximate surface area is 116 Å². The van der Waals surface area contributed by atoms with Crippen molar-refractivity contribution in [2.24, 2.45) is 5.84 Å². The molecule has 0 aliphatic carbocycles. The SMILES string of the molecule is Cc1nsc(Sc2nc(NN)nc(C)c2[N+](=O)[O-])n1. The summed E-state index contributed by atoms with van der Waals surface area (Å²) in [5, 5.41) is 11.2. The zero-order chi connectivity index (χ0) is 14.0. The van der Waals surface area contributed by atoms with E-state index in [-0.39, 0.29) is 22.4 Å². The number of nitrogens with two attached hydrogens (primary N) is 1.